The van der Waals surface area contributed by atoms with Crippen LogP contribution in [0.15, 0.2) is 48.7 Å². The third kappa shape index (κ3) is 3.75. The molecule has 2 rings (SSSR count). The zero-order chi connectivity index (χ0) is 17.2. The molecular weight excluding hydrogens is 305 g/mol. The Morgan fingerprint density at radius 2 is 1.70 bits per heavy atom. The minimum absolute atomic E-state index is 0.0230. The van der Waals surface area contributed by atoms with Crippen molar-refractivity contribution in [1.29, 1.82) is 0 Å². The van der Waals surface area contributed by atoms with Gasteiger partial charge in [-0.05, 0) is 24.6 Å². The standard InChI is InChI=1S/C16H17F3N4/c1-10-5-7-11(8-6-10)13(20)9-23(22)14-4-2-3-12(15(14)21)16(17,18)19/h2-9H,20-22H2,1H3/b13-9-. The topological polar surface area (TPSA) is 81.3 Å². The molecule has 0 saturated heterocycles. The van der Waals surface area contributed by atoms with Crippen LogP contribution >= 0.6 is 0 Å². The zero-order valence-electron chi connectivity index (χ0n) is 12.4. The molecule has 0 atom stereocenters. The van der Waals surface area contributed by atoms with Gasteiger partial charge in [0.1, 0.15) is 0 Å². The summed E-state index contributed by atoms with van der Waals surface area (Å²) in [6.07, 6.45) is -3.22. The van der Waals surface area contributed by atoms with Gasteiger partial charge in [0, 0.05) is 6.20 Å². The number of benzene rings is 2. The van der Waals surface area contributed by atoms with Gasteiger partial charge >= 0.3 is 6.18 Å². The molecule has 4 nitrogen and oxygen atoms in total. The Bertz CT molecular complexity index is 721. The van der Waals surface area contributed by atoms with E-state index in [-0.39, 0.29) is 5.69 Å². The fourth-order valence-electron chi connectivity index (χ4n) is 2.07. The molecule has 0 aliphatic rings. The summed E-state index contributed by atoms with van der Waals surface area (Å²) in [5.41, 5.74) is 12.2. The lowest BCUT2D eigenvalue weighted by Gasteiger charge is -2.20. The molecule has 2 aromatic carbocycles. The molecule has 7 heteroatoms. The lowest BCUT2D eigenvalue weighted by Crippen LogP contribution is -2.27. The quantitative estimate of drug-likeness (QED) is 0.460. The van der Waals surface area contributed by atoms with E-state index in [0.29, 0.717) is 11.3 Å². The summed E-state index contributed by atoms with van der Waals surface area (Å²) in [5, 5.41) is 0.986. The summed E-state index contributed by atoms with van der Waals surface area (Å²) < 4.78 is 38.6. The predicted molar refractivity (Wildman–Crippen MR) is 85.9 cm³/mol. The van der Waals surface area contributed by atoms with Crippen LogP contribution in [0.2, 0.25) is 0 Å². The molecule has 0 aliphatic heterocycles. The number of nitrogens with two attached hydrogens (primary N) is 3. The summed E-state index contributed by atoms with van der Waals surface area (Å²) in [6, 6.07) is 10.9. The second kappa shape index (κ2) is 6.21. The third-order valence-electron chi connectivity index (χ3n) is 3.33. The number of nitrogens with zero attached hydrogens (tertiary/aromatic N) is 1. The van der Waals surface area contributed by atoms with Crippen molar-refractivity contribution in [2.24, 2.45) is 11.6 Å². The third-order valence-corrected chi connectivity index (χ3v) is 3.33. The van der Waals surface area contributed by atoms with Crippen LogP contribution in [0, 0.1) is 6.92 Å². The normalized spacial score (nSPS) is 12.3. The number of anilines is 2. The molecule has 23 heavy (non-hydrogen) atoms. The van der Waals surface area contributed by atoms with Gasteiger partial charge in [-0.1, -0.05) is 35.9 Å². The van der Waals surface area contributed by atoms with Crippen molar-refractivity contribution in [3.63, 3.8) is 0 Å². The molecule has 0 spiro atoms. The molecule has 0 saturated carbocycles. The second-order valence-electron chi connectivity index (χ2n) is 5.09. The first-order valence-electron chi connectivity index (χ1n) is 6.74. The number of para-hydroxylation sites is 1. The van der Waals surface area contributed by atoms with Gasteiger partial charge in [0.05, 0.1) is 22.6 Å². The lowest BCUT2D eigenvalue weighted by molar-refractivity contribution is -0.136. The van der Waals surface area contributed by atoms with Gasteiger partial charge in [-0.2, -0.15) is 13.2 Å². The highest BCUT2D eigenvalue weighted by atomic mass is 19.4. The van der Waals surface area contributed by atoms with Crippen LogP contribution in [-0.4, -0.2) is 0 Å². The number of halogens is 3. The fourth-order valence-corrected chi connectivity index (χ4v) is 2.07. The van der Waals surface area contributed by atoms with Gasteiger partial charge in [0.15, 0.2) is 0 Å². The molecule has 122 valence electrons. The predicted octanol–water partition coefficient (Wildman–Crippen LogP) is 3.23. The number of rotatable bonds is 3. The number of nitrogen functional groups attached to an aromatic ring is 1. The maximum atomic E-state index is 12.9. The minimum atomic E-state index is -4.55. The first-order valence-corrected chi connectivity index (χ1v) is 6.74. The summed E-state index contributed by atoms with van der Waals surface area (Å²) >= 11 is 0. The first-order chi connectivity index (χ1) is 10.7. The Balaban J connectivity index is 2.35. The zero-order valence-corrected chi connectivity index (χ0v) is 12.4. The molecule has 0 bridgehead atoms. The largest absolute Gasteiger partial charge is 0.418 e. The van der Waals surface area contributed by atoms with Crippen LogP contribution in [0.4, 0.5) is 24.5 Å². The van der Waals surface area contributed by atoms with Gasteiger partial charge in [-0.15, -0.1) is 0 Å². The molecule has 0 aromatic heterocycles. The van der Waals surface area contributed by atoms with Crippen LogP contribution in [0.3, 0.4) is 0 Å². The van der Waals surface area contributed by atoms with E-state index in [1.807, 2.05) is 19.1 Å². The van der Waals surface area contributed by atoms with Crippen molar-refractivity contribution in [2.75, 3.05) is 10.7 Å². The van der Waals surface area contributed by atoms with E-state index in [1.54, 1.807) is 12.1 Å². The lowest BCUT2D eigenvalue weighted by atomic mass is 10.1. The minimum Gasteiger partial charge on any atom is -0.397 e. The fraction of sp³-hybridized carbons (Fsp3) is 0.125. The number of hydrazine groups is 1. The van der Waals surface area contributed by atoms with Gasteiger partial charge in [0.25, 0.3) is 0 Å². The smallest absolute Gasteiger partial charge is 0.397 e. The maximum Gasteiger partial charge on any atom is 0.418 e. The highest BCUT2D eigenvalue weighted by Crippen LogP contribution is 2.37. The Hall–Kier alpha value is -2.67. The summed E-state index contributed by atoms with van der Waals surface area (Å²) in [4.78, 5) is 0. The average Bonchev–Trinajstić information content (AvgIpc) is 2.46. The summed E-state index contributed by atoms with van der Waals surface area (Å²) in [5.74, 6) is 5.81. The molecule has 0 aliphatic carbocycles. The number of hydrogen-bond donors (Lipinski definition) is 3. The molecule has 0 fully saturated rings. The maximum absolute atomic E-state index is 12.9. The second-order valence-corrected chi connectivity index (χ2v) is 5.09. The highest BCUT2D eigenvalue weighted by molar-refractivity contribution is 5.75. The average molecular weight is 322 g/mol. The molecule has 2 aromatic rings. The molecule has 0 amide bonds. The number of alkyl halides is 3. The van der Waals surface area contributed by atoms with E-state index in [9.17, 15) is 13.2 Å². The Kier molecular flexibility index (Phi) is 4.51. The van der Waals surface area contributed by atoms with Gasteiger partial charge in [-0.25, -0.2) is 5.84 Å². The van der Waals surface area contributed by atoms with Crippen molar-refractivity contribution < 1.29 is 13.2 Å². The van der Waals surface area contributed by atoms with Crippen LogP contribution in [-0.2, 0) is 6.18 Å². The monoisotopic (exact) mass is 322 g/mol. The summed E-state index contributed by atoms with van der Waals surface area (Å²) in [7, 11) is 0. The van der Waals surface area contributed by atoms with Gasteiger partial charge in [0.2, 0.25) is 0 Å². The van der Waals surface area contributed by atoms with E-state index in [2.05, 4.69) is 0 Å². The van der Waals surface area contributed by atoms with Crippen LogP contribution in [0.25, 0.3) is 5.70 Å². The van der Waals surface area contributed by atoms with Gasteiger partial charge in [-0.3, -0.25) is 5.01 Å². The Labute approximate surface area is 132 Å². The van der Waals surface area contributed by atoms with Crippen LogP contribution in [0.5, 0.6) is 0 Å². The molecule has 0 radical (unpaired) electrons. The van der Waals surface area contributed by atoms with E-state index >= 15 is 0 Å². The SMILES string of the molecule is Cc1ccc(/C(N)=C/N(N)c2cccc(C(F)(F)F)c2N)cc1. The van der Waals surface area contributed by atoms with Crippen LogP contribution in [0.1, 0.15) is 16.7 Å². The summed E-state index contributed by atoms with van der Waals surface area (Å²) in [6.45, 7) is 1.93. The van der Waals surface area contributed by atoms with Crippen molar-refractivity contribution in [3.05, 3.63) is 65.4 Å². The van der Waals surface area contributed by atoms with Crippen molar-refractivity contribution in [3.8, 4) is 0 Å². The van der Waals surface area contributed by atoms with E-state index in [1.165, 1.54) is 18.3 Å². The number of aryl methyl sites for hydroxylation is 1. The van der Waals surface area contributed by atoms with E-state index in [4.69, 9.17) is 17.3 Å². The van der Waals surface area contributed by atoms with Crippen molar-refractivity contribution in [2.45, 2.75) is 13.1 Å². The Morgan fingerprint density at radius 1 is 1.09 bits per heavy atom. The highest BCUT2D eigenvalue weighted by Gasteiger charge is 2.34. The molecule has 0 heterocycles. The Morgan fingerprint density at radius 3 is 2.26 bits per heavy atom. The molecule has 6 N–H and O–H groups in total. The first kappa shape index (κ1) is 16.7. The van der Waals surface area contributed by atoms with Crippen molar-refractivity contribution >= 4 is 17.1 Å². The van der Waals surface area contributed by atoms with E-state index < -0.39 is 17.4 Å². The van der Waals surface area contributed by atoms with Crippen molar-refractivity contribution in [1.82, 2.24) is 0 Å². The molecule has 0 unspecified atom stereocenters. The molecular formula is C16H17F3N4. The van der Waals surface area contributed by atoms with E-state index in [0.717, 1.165) is 16.6 Å². The van der Waals surface area contributed by atoms with Crippen LogP contribution < -0.4 is 22.3 Å². The van der Waals surface area contributed by atoms with Gasteiger partial charge < -0.3 is 11.5 Å². The number of hydrogen-bond acceptors (Lipinski definition) is 4.